The molecule has 0 saturated heterocycles. The summed E-state index contributed by atoms with van der Waals surface area (Å²) in [6.45, 7) is 1.57. The van der Waals surface area contributed by atoms with Gasteiger partial charge in [-0.2, -0.15) is 4.98 Å². The first-order chi connectivity index (χ1) is 10.5. The fourth-order valence-electron chi connectivity index (χ4n) is 1.77. The van der Waals surface area contributed by atoms with Gasteiger partial charge in [-0.1, -0.05) is 6.07 Å². The fraction of sp³-hybridized carbons (Fsp3) is 0.200. The van der Waals surface area contributed by atoms with E-state index >= 15 is 0 Å². The Hall–Kier alpha value is -2.70. The lowest BCUT2D eigenvalue weighted by Crippen LogP contribution is -2.11. The van der Waals surface area contributed by atoms with Crippen molar-refractivity contribution in [1.82, 2.24) is 4.98 Å². The molecular weight excluding hydrogens is 292 g/mol. The van der Waals surface area contributed by atoms with Crippen LogP contribution in [0.5, 0.6) is 5.88 Å². The number of aromatic nitrogens is 1. The number of hydrogen-bond acceptors (Lipinski definition) is 4. The van der Waals surface area contributed by atoms with Crippen LogP contribution in [0.3, 0.4) is 0 Å². The Morgan fingerprint density at radius 1 is 1.27 bits per heavy atom. The molecular formula is C15H15F2N3O2. The number of anilines is 2. The topological polar surface area (TPSA) is 77.2 Å². The number of carbonyl (C=O) groups excluding carboxylic acids is 1. The number of nitrogen functional groups attached to an aromatic ring is 1. The molecule has 7 heteroatoms. The van der Waals surface area contributed by atoms with Crippen molar-refractivity contribution in [3.05, 3.63) is 47.5 Å². The summed E-state index contributed by atoms with van der Waals surface area (Å²) in [5, 5.41) is 2.49. The van der Waals surface area contributed by atoms with E-state index in [1.165, 1.54) is 13.0 Å². The van der Waals surface area contributed by atoms with Crippen molar-refractivity contribution in [3.63, 3.8) is 0 Å². The van der Waals surface area contributed by atoms with E-state index in [0.717, 1.165) is 12.1 Å². The summed E-state index contributed by atoms with van der Waals surface area (Å²) < 4.78 is 31.3. The summed E-state index contributed by atoms with van der Waals surface area (Å²) in [7, 11) is 0. The third kappa shape index (κ3) is 4.15. The zero-order chi connectivity index (χ0) is 16.1. The summed E-state index contributed by atoms with van der Waals surface area (Å²) in [5.74, 6) is -1.57. The van der Waals surface area contributed by atoms with E-state index in [1.54, 1.807) is 12.1 Å². The lowest BCUT2D eigenvalue weighted by atomic mass is 10.1. The van der Waals surface area contributed by atoms with E-state index in [0.29, 0.717) is 17.7 Å². The molecule has 0 atom stereocenters. The highest BCUT2D eigenvalue weighted by Gasteiger charge is 2.06. The number of hydrogen-bond donors (Lipinski definition) is 2. The van der Waals surface area contributed by atoms with Gasteiger partial charge in [0.15, 0.2) is 17.5 Å². The van der Waals surface area contributed by atoms with Crippen molar-refractivity contribution in [2.45, 2.75) is 13.3 Å². The molecule has 0 unspecified atom stereocenters. The smallest absolute Gasteiger partial charge is 0.222 e. The Balaban J connectivity index is 1.96. The maximum Gasteiger partial charge on any atom is 0.222 e. The predicted molar refractivity (Wildman–Crippen MR) is 78.5 cm³/mol. The van der Waals surface area contributed by atoms with Gasteiger partial charge in [-0.25, -0.2) is 8.78 Å². The van der Waals surface area contributed by atoms with Crippen molar-refractivity contribution in [2.75, 3.05) is 17.7 Å². The molecule has 0 bridgehead atoms. The van der Waals surface area contributed by atoms with E-state index < -0.39 is 11.6 Å². The van der Waals surface area contributed by atoms with Gasteiger partial charge in [0, 0.05) is 19.4 Å². The van der Waals surface area contributed by atoms with Crippen molar-refractivity contribution in [2.24, 2.45) is 0 Å². The number of nitrogens with one attached hydrogen (secondary N) is 1. The molecule has 0 radical (unpaired) electrons. The fourth-order valence-corrected chi connectivity index (χ4v) is 1.77. The van der Waals surface area contributed by atoms with Crippen molar-refractivity contribution >= 4 is 17.4 Å². The minimum atomic E-state index is -0.893. The Kier molecular flexibility index (Phi) is 4.88. The first-order valence-corrected chi connectivity index (χ1v) is 6.56. The molecule has 3 N–H and O–H groups in total. The molecule has 1 aromatic heterocycles. The van der Waals surface area contributed by atoms with Crippen LogP contribution >= 0.6 is 0 Å². The molecule has 0 fully saturated rings. The average Bonchev–Trinajstić information content (AvgIpc) is 2.45. The Morgan fingerprint density at radius 3 is 2.73 bits per heavy atom. The lowest BCUT2D eigenvalue weighted by Gasteiger charge is -2.09. The number of amides is 1. The molecule has 1 amide bonds. The second kappa shape index (κ2) is 6.84. The van der Waals surface area contributed by atoms with E-state index in [-0.39, 0.29) is 24.2 Å². The Morgan fingerprint density at radius 2 is 2.05 bits per heavy atom. The van der Waals surface area contributed by atoms with Gasteiger partial charge in [-0.15, -0.1) is 0 Å². The molecule has 0 aliphatic rings. The number of nitrogens with zero attached hydrogens (tertiary/aromatic N) is 1. The number of rotatable bonds is 5. The van der Waals surface area contributed by atoms with Gasteiger partial charge in [-0.3, -0.25) is 4.79 Å². The summed E-state index contributed by atoms with van der Waals surface area (Å²) in [5.41, 5.74) is 6.61. The maximum absolute atomic E-state index is 13.1. The average molecular weight is 307 g/mol. The van der Waals surface area contributed by atoms with Crippen LogP contribution in [0.25, 0.3) is 0 Å². The third-order valence-electron chi connectivity index (χ3n) is 2.82. The molecule has 0 aliphatic carbocycles. The summed E-state index contributed by atoms with van der Waals surface area (Å²) in [4.78, 5) is 15.1. The summed E-state index contributed by atoms with van der Waals surface area (Å²) in [6, 6.07) is 6.80. The Bertz CT molecular complexity index is 692. The van der Waals surface area contributed by atoms with Gasteiger partial charge in [0.2, 0.25) is 11.8 Å². The molecule has 2 aromatic rings. The second-order valence-corrected chi connectivity index (χ2v) is 4.62. The number of ether oxygens (including phenoxy) is 1. The van der Waals surface area contributed by atoms with Crippen molar-refractivity contribution in [1.29, 1.82) is 0 Å². The van der Waals surface area contributed by atoms with Gasteiger partial charge < -0.3 is 15.8 Å². The number of pyridine rings is 1. The van der Waals surface area contributed by atoms with Gasteiger partial charge in [0.25, 0.3) is 0 Å². The van der Waals surface area contributed by atoms with Crippen LogP contribution in [0.15, 0.2) is 30.3 Å². The van der Waals surface area contributed by atoms with E-state index in [4.69, 9.17) is 10.5 Å². The van der Waals surface area contributed by atoms with Crippen LogP contribution in [-0.4, -0.2) is 17.5 Å². The van der Waals surface area contributed by atoms with E-state index in [2.05, 4.69) is 10.3 Å². The molecule has 1 heterocycles. The van der Waals surface area contributed by atoms with Crippen LogP contribution in [0.2, 0.25) is 0 Å². The molecule has 0 saturated carbocycles. The number of benzene rings is 1. The quantitative estimate of drug-likeness (QED) is 0.890. The highest BCUT2D eigenvalue weighted by molar-refractivity contribution is 5.90. The van der Waals surface area contributed by atoms with Crippen LogP contribution in [0.4, 0.5) is 20.3 Å². The molecule has 2 rings (SSSR count). The zero-order valence-electron chi connectivity index (χ0n) is 11.9. The molecule has 22 heavy (non-hydrogen) atoms. The molecule has 1 aromatic carbocycles. The summed E-state index contributed by atoms with van der Waals surface area (Å²) >= 11 is 0. The SMILES string of the molecule is CC(=O)Nc1nc(OCCc2ccc(F)c(F)c2)ccc1N. The normalized spacial score (nSPS) is 10.3. The van der Waals surface area contributed by atoms with Crippen molar-refractivity contribution in [3.8, 4) is 5.88 Å². The van der Waals surface area contributed by atoms with Gasteiger partial charge in [0.05, 0.1) is 12.3 Å². The monoisotopic (exact) mass is 307 g/mol. The predicted octanol–water partition coefficient (Wildman–Crippen LogP) is 2.52. The highest BCUT2D eigenvalue weighted by Crippen LogP contribution is 2.20. The number of carbonyl (C=O) groups is 1. The minimum absolute atomic E-state index is 0.220. The van der Waals surface area contributed by atoms with Crippen LogP contribution in [0, 0.1) is 11.6 Å². The van der Waals surface area contributed by atoms with Crippen LogP contribution < -0.4 is 15.8 Å². The van der Waals surface area contributed by atoms with Gasteiger partial charge in [0.1, 0.15) is 0 Å². The maximum atomic E-state index is 13.1. The highest BCUT2D eigenvalue weighted by atomic mass is 19.2. The lowest BCUT2D eigenvalue weighted by molar-refractivity contribution is -0.114. The first kappa shape index (κ1) is 15.7. The standard InChI is InChI=1S/C15H15F2N3O2/c1-9(21)19-15-13(18)4-5-14(20-15)22-7-6-10-2-3-11(16)12(17)8-10/h2-5,8H,6-7,18H2,1H3,(H,19,20,21). The third-order valence-corrected chi connectivity index (χ3v) is 2.82. The minimum Gasteiger partial charge on any atom is -0.477 e. The van der Waals surface area contributed by atoms with Crippen LogP contribution in [0.1, 0.15) is 12.5 Å². The molecule has 0 aliphatic heterocycles. The molecule has 116 valence electrons. The molecule has 5 nitrogen and oxygen atoms in total. The van der Waals surface area contributed by atoms with Gasteiger partial charge >= 0.3 is 0 Å². The number of nitrogens with two attached hydrogens (primary N) is 1. The van der Waals surface area contributed by atoms with Gasteiger partial charge in [-0.05, 0) is 23.8 Å². The number of halogens is 2. The van der Waals surface area contributed by atoms with Crippen LogP contribution in [-0.2, 0) is 11.2 Å². The van der Waals surface area contributed by atoms with E-state index in [9.17, 15) is 13.6 Å². The van der Waals surface area contributed by atoms with Crippen molar-refractivity contribution < 1.29 is 18.3 Å². The first-order valence-electron chi connectivity index (χ1n) is 6.56. The van der Waals surface area contributed by atoms with E-state index in [1.807, 2.05) is 0 Å². The largest absolute Gasteiger partial charge is 0.477 e. The Labute approximate surface area is 126 Å². The second-order valence-electron chi connectivity index (χ2n) is 4.62. The molecule has 0 spiro atoms. The zero-order valence-corrected chi connectivity index (χ0v) is 11.9. The summed E-state index contributed by atoms with van der Waals surface area (Å²) in [6.07, 6.45) is 0.388.